The van der Waals surface area contributed by atoms with Crippen LogP contribution < -0.4 is 5.32 Å². The summed E-state index contributed by atoms with van der Waals surface area (Å²) in [5, 5.41) is 7.20. The number of aryl methyl sites for hydroxylation is 1. The summed E-state index contributed by atoms with van der Waals surface area (Å²) in [5.74, 6) is 0.486. The van der Waals surface area contributed by atoms with Gasteiger partial charge in [-0.2, -0.15) is 5.10 Å². The monoisotopic (exact) mass is 379 g/mol. The number of hydrogen-bond acceptors (Lipinski definition) is 5. The predicted molar refractivity (Wildman–Crippen MR) is 100 cm³/mol. The molecule has 8 heteroatoms. The molecule has 3 aromatic rings. The molecule has 1 aliphatic heterocycles. The van der Waals surface area contributed by atoms with E-state index in [0.717, 1.165) is 11.3 Å². The molecule has 1 aliphatic rings. The maximum Gasteiger partial charge on any atom is 0.255 e. The van der Waals surface area contributed by atoms with Crippen molar-refractivity contribution < 1.29 is 14.0 Å². The van der Waals surface area contributed by atoms with E-state index in [-0.39, 0.29) is 24.3 Å². The highest BCUT2D eigenvalue weighted by molar-refractivity contribution is 5.94. The van der Waals surface area contributed by atoms with Gasteiger partial charge in [-0.15, -0.1) is 0 Å². The second-order valence-electron chi connectivity index (χ2n) is 6.92. The molecule has 0 fully saturated rings. The summed E-state index contributed by atoms with van der Waals surface area (Å²) in [7, 11) is 0. The zero-order valence-electron chi connectivity index (χ0n) is 15.5. The number of carbonyl (C=O) groups is 2. The summed E-state index contributed by atoms with van der Waals surface area (Å²) < 4.78 is 7.07. The number of carbonyl (C=O) groups excluding carboxylic acids is 2. The molecule has 0 saturated heterocycles. The number of rotatable bonds is 5. The molecular formula is C20H21N5O3. The van der Waals surface area contributed by atoms with Crippen molar-refractivity contribution in [3.8, 4) is 0 Å². The summed E-state index contributed by atoms with van der Waals surface area (Å²) >= 11 is 0. The van der Waals surface area contributed by atoms with Crippen LogP contribution in [0.4, 0.5) is 0 Å². The largest absolute Gasteiger partial charge is 0.467 e. The van der Waals surface area contributed by atoms with Crippen LogP contribution in [-0.4, -0.2) is 38.0 Å². The number of nitrogens with one attached hydrogen (secondary N) is 1. The first-order chi connectivity index (χ1) is 13.6. The third-order valence-electron chi connectivity index (χ3n) is 4.75. The molecule has 0 aliphatic carbocycles. The van der Waals surface area contributed by atoms with Gasteiger partial charge < -0.3 is 14.6 Å². The van der Waals surface area contributed by atoms with Crippen molar-refractivity contribution in [1.29, 1.82) is 0 Å². The standard InChI is InChI=1S/C20H21N5O3/c1-14-7-15(10-21-9-14)20(27)24-12-16-4-5-23-25(16)17(13-24)8-19(26)22-11-18-3-2-6-28-18/h2-7,9-10,17H,8,11-13H2,1H3,(H,22,26). The van der Waals surface area contributed by atoms with Crippen molar-refractivity contribution in [3.63, 3.8) is 0 Å². The van der Waals surface area contributed by atoms with Gasteiger partial charge in [0, 0.05) is 25.1 Å². The van der Waals surface area contributed by atoms with Gasteiger partial charge in [-0.05, 0) is 36.8 Å². The molecule has 4 heterocycles. The van der Waals surface area contributed by atoms with Crippen LogP contribution in [0.3, 0.4) is 0 Å². The van der Waals surface area contributed by atoms with Gasteiger partial charge in [-0.25, -0.2) is 0 Å². The van der Waals surface area contributed by atoms with Crippen molar-refractivity contribution in [1.82, 2.24) is 25.0 Å². The minimum atomic E-state index is -0.225. The van der Waals surface area contributed by atoms with E-state index < -0.39 is 0 Å². The number of furan rings is 1. The minimum Gasteiger partial charge on any atom is -0.467 e. The third-order valence-corrected chi connectivity index (χ3v) is 4.75. The number of hydrogen-bond donors (Lipinski definition) is 1. The van der Waals surface area contributed by atoms with Gasteiger partial charge in [0.05, 0.1) is 43.1 Å². The fourth-order valence-electron chi connectivity index (χ4n) is 3.43. The maximum atomic E-state index is 12.9. The molecule has 0 saturated carbocycles. The molecule has 1 atom stereocenters. The first-order valence-corrected chi connectivity index (χ1v) is 9.12. The van der Waals surface area contributed by atoms with Crippen LogP contribution in [0.5, 0.6) is 0 Å². The molecule has 2 amide bonds. The highest BCUT2D eigenvalue weighted by atomic mass is 16.3. The lowest BCUT2D eigenvalue weighted by Crippen LogP contribution is -2.43. The lowest BCUT2D eigenvalue weighted by Gasteiger charge is -2.33. The van der Waals surface area contributed by atoms with E-state index in [1.54, 1.807) is 35.8 Å². The highest BCUT2D eigenvalue weighted by Crippen LogP contribution is 2.24. The molecule has 8 nitrogen and oxygen atoms in total. The van der Waals surface area contributed by atoms with E-state index in [0.29, 0.717) is 31.0 Å². The van der Waals surface area contributed by atoms with Crippen molar-refractivity contribution in [2.75, 3.05) is 6.54 Å². The van der Waals surface area contributed by atoms with Gasteiger partial charge in [0.25, 0.3) is 5.91 Å². The van der Waals surface area contributed by atoms with Gasteiger partial charge in [-0.3, -0.25) is 19.3 Å². The van der Waals surface area contributed by atoms with Gasteiger partial charge >= 0.3 is 0 Å². The zero-order chi connectivity index (χ0) is 19.5. The van der Waals surface area contributed by atoms with Gasteiger partial charge in [0.1, 0.15) is 5.76 Å². The Hall–Kier alpha value is -3.42. The quantitative estimate of drug-likeness (QED) is 0.733. The lowest BCUT2D eigenvalue weighted by molar-refractivity contribution is -0.122. The topological polar surface area (TPSA) is 93.3 Å². The molecule has 0 radical (unpaired) electrons. The molecular weight excluding hydrogens is 358 g/mol. The zero-order valence-corrected chi connectivity index (χ0v) is 15.5. The number of aromatic nitrogens is 3. The summed E-state index contributed by atoms with van der Waals surface area (Å²) in [4.78, 5) is 31.2. The van der Waals surface area contributed by atoms with Crippen molar-refractivity contribution >= 4 is 11.8 Å². The van der Waals surface area contributed by atoms with E-state index in [4.69, 9.17) is 4.42 Å². The van der Waals surface area contributed by atoms with Gasteiger partial charge in [0.2, 0.25) is 5.91 Å². The minimum absolute atomic E-state index is 0.0929. The molecule has 0 bridgehead atoms. The Morgan fingerprint density at radius 1 is 1.32 bits per heavy atom. The van der Waals surface area contributed by atoms with E-state index in [1.807, 2.05) is 29.8 Å². The number of pyridine rings is 1. The average Bonchev–Trinajstić information content (AvgIpc) is 3.37. The van der Waals surface area contributed by atoms with Crippen LogP contribution in [0.15, 0.2) is 53.5 Å². The fourth-order valence-corrected chi connectivity index (χ4v) is 3.43. The second kappa shape index (κ2) is 7.67. The van der Waals surface area contributed by atoms with E-state index in [1.165, 1.54) is 0 Å². The van der Waals surface area contributed by atoms with E-state index in [9.17, 15) is 9.59 Å². The van der Waals surface area contributed by atoms with Crippen LogP contribution in [0.2, 0.25) is 0 Å². The van der Waals surface area contributed by atoms with Gasteiger partial charge in [0.15, 0.2) is 0 Å². The maximum absolute atomic E-state index is 12.9. The molecule has 1 unspecified atom stereocenters. The Balaban J connectivity index is 1.46. The van der Waals surface area contributed by atoms with Crippen LogP contribution >= 0.6 is 0 Å². The summed E-state index contributed by atoms with van der Waals surface area (Å²) in [5.41, 5.74) is 2.39. The SMILES string of the molecule is Cc1cncc(C(=O)N2Cc3ccnn3C(CC(=O)NCc3ccco3)C2)c1. The first kappa shape index (κ1) is 18.0. The fraction of sp³-hybridized carbons (Fsp3) is 0.300. The van der Waals surface area contributed by atoms with Crippen molar-refractivity contribution in [2.45, 2.75) is 32.5 Å². The Morgan fingerprint density at radius 2 is 2.21 bits per heavy atom. The average molecular weight is 379 g/mol. The van der Waals surface area contributed by atoms with E-state index >= 15 is 0 Å². The molecule has 0 aromatic carbocycles. The molecule has 1 N–H and O–H groups in total. The highest BCUT2D eigenvalue weighted by Gasteiger charge is 2.30. The third kappa shape index (κ3) is 3.80. The van der Waals surface area contributed by atoms with Crippen LogP contribution in [0.25, 0.3) is 0 Å². The molecule has 28 heavy (non-hydrogen) atoms. The predicted octanol–water partition coefficient (Wildman–Crippen LogP) is 2.08. The molecule has 3 aromatic heterocycles. The number of fused-ring (bicyclic) bond motifs is 1. The second-order valence-corrected chi connectivity index (χ2v) is 6.92. The van der Waals surface area contributed by atoms with Crippen LogP contribution in [0, 0.1) is 6.92 Å². The Bertz CT molecular complexity index is 979. The smallest absolute Gasteiger partial charge is 0.255 e. The Kier molecular flexibility index (Phi) is 4.92. The molecule has 0 spiro atoms. The molecule has 144 valence electrons. The molecule has 4 rings (SSSR count). The van der Waals surface area contributed by atoms with Crippen molar-refractivity contribution in [2.24, 2.45) is 0 Å². The number of amides is 2. The summed E-state index contributed by atoms with van der Waals surface area (Å²) in [6, 6.07) is 7.07. The lowest BCUT2D eigenvalue weighted by atomic mass is 10.1. The first-order valence-electron chi connectivity index (χ1n) is 9.12. The van der Waals surface area contributed by atoms with Crippen molar-refractivity contribution in [3.05, 3.63) is 71.7 Å². The van der Waals surface area contributed by atoms with Crippen LogP contribution in [-0.2, 0) is 17.9 Å². The van der Waals surface area contributed by atoms with E-state index in [2.05, 4.69) is 15.4 Å². The summed E-state index contributed by atoms with van der Waals surface area (Å²) in [6.45, 7) is 3.11. The Labute approximate surface area is 162 Å². The summed E-state index contributed by atoms with van der Waals surface area (Å²) in [6.07, 6.45) is 6.79. The van der Waals surface area contributed by atoms with Crippen LogP contribution in [0.1, 0.15) is 39.8 Å². The van der Waals surface area contributed by atoms with Gasteiger partial charge in [-0.1, -0.05) is 0 Å². The normalized spacial score (nSPS) is 15.9. The number of nitrogens with zero attached hydrogens (tertiary/aromatic N) is 4. The Morgan fingerprint density at radius 3 is 3.00 bits per heavy atom.